The topological polar surface area (TPSA) is 46.3 Å². The molecule has 1 amide bonds. The molecule has 0 aliphatic carbocycles. The molecule has 22 heavy (non-hydrogen) atoms. The number of hydrogen-bond donors (Lipinski definition) is 1. The first kappa shape index (κ1) is 14.8. The van der Waals surface area contributed by atoms with Crippen molar-refractivity contribution in [1.29, 1.82) is 0 Å². The van der Waals surface area contributed by atoms with Crippen molar-refractivity contribution in [3.63, 3.8) is 0 Å². The van der Waals surface area contributed by atoms with Crippen molar-refractivity contribution in [1.82, 2.24) is 4.90 Å². The number of nitrogens with zero attached hydrogens (tertiary/aromatic N) is 1. The molecule has 0 fully saturated rings. The highest BCUT2D eigenvalue weighted by Crippen LogP contribution is 2.41. The molecule has 1 heterocycles. The molecule has 2 N–H and O–H groups in total. The Morgan fingerprint density at radius 2 is 1.73 bits per heavy atom. The van der Waals surface area contributed by atoms with Crippen LogP contribution < -0.4 is 5.73 Å². The van der Waals surface area contributed by atoms with Crippen LogP contribution >= 0.6 is 0 Å². The minimum Gasteiger partial charge on any atom is -0.331 e. The molecule has 3 heteroatoms. The van der Waals surface area contributed by atoms with Crippen LogP contribution in [0.4, 0.5) is 0 Å². The van der Waals surface area contributed by atoms with Crippen LogP contribution in [-0.2, 0) is 0 Å². The number of carbonyl (C=O) groups excluding carboxylic acids is 1. The molecular formula is C19H22N2O. The number of hydrogen-bond acceptors (Lipinski definition) is 2. The Morgan fingerprint density at radius 3 is 2.41 bits per heavy atom. The van der Waals surface area contributed by atoms with Gasteiger partial charge in [0.1, 0.15) is 0 Å². The summed E-state index contributed by atoms with van der Waals surface area (Å²) in [4.78, 5) is 14.9. The van der Waals surface area contributed by atoms with Crippen LogP contribution in [0, 0.1) is 0 Å². The highest BCUT2D eigenvalue weighted by atomic mass is 16.2. The van der Waals surface area contributed by atoms with Gasteiger partial charge in [0.05, 0.1) is 6.04 Å². The van der Waals surface area contributed by atoms with Gasteiger partial charge in [0, 0.05) is 24.6 Å². The predicted molar refractivity (Wildman–Crippen MR) is 88.7 cm³/mol. The molecule has 1 aliphatic heterocycles. The molecule has 0 saturated carbocycles. The zero-order valence-corrected chi connectivity index (χ0v) is 12.9. The number of carbonyl (C=O) groups is 1. The monoisotopic (exact) mass is 294 g/mol. The summed E-state index contributed by atoms with van der Waals surface area (Å²) in [5, 5.41) is 0. The highest BCUT2D eigenvalue weighted by molar-refractivity contribution is 5.97. The quantitative estimate of drug-likeness (QED) is 0.940. The molecule has 3 nitrogen and oxygen atoms in total. The van der Waals surface area contributed by atoms with Gasteiger partial charge >= 0.3 is 0 Å². The maximum absolute atomic E-state index is 12.9. The van der Waals surface area contributed by atoms with Gasteiger partial charge in [-0.25, -0.2) is 0 Å². The Hall–Kier alpha value is -2.13. The van der Waals surface area contributed by atoms with E-state index >= 15 is 0 Å². The summed E-state index contributed by atoms with van der Waals surface area (Å²) in [5.41, 5.74) is 9.16. The Labute approximate surface area is 131 Å². The molecule has 0 radical (unpaired) electrons. The number of fused-ring (bicyclic) bond motifs is 1. The fourth-order valence-electron chi connectivity index (χ4n) is 3.48. The van der Waals surface area contributed by atoms with Gasteiger partial charge in [0.25, 0.3) is 5.91 Å². The molecule has 2 aromatic rings. The molecule has 0 saturated heterocycles. The second-order valence-corrected chi connectivity index (χ2v) is 5.78. The lowest BCUT2D eigenvalue weighted by Crippen LogP contribution is -2.44. The summed E-state index contributed by atoms with van der Waals surface area (Å²) in [5.74, 6) is 0.263. The molecule has 3 rings (SSSR count). The van der Waals surface area contributed by atoms with Gasteiger partial charge in [-0.15, -0.1) is 0 Å². The molecule has 2 aromatic carbocycles. The number of benzene rings is 2. The fourth-order valence-corrected chi connectivity index (χ4v) is 3.48. The maximum atomic E-state index is 12.9. The lowest BCUT2D eigenvalue weighted by atomic mass is 9.79. The normalized spacial score (nSPS) is 20.8. The summed E-state index contributed by atoms with van der Waals surface area (Å²) < 4.78 is 0. The van der Waals surface area contributed by atoms with Crippen molar-refractivity contribution in [3.05, 3.63) is 71.3 Å². The van der Waals surface area contributed by atoms with E-state index < -0.39 is 0 Å². The van der Waals surface area contributed by atoms with Gasteiger partial charge in [-0.3, -0.25) is 4.79 Å². The minimum atomic E-state index is 0.0218. The standard InChI is InChI=1S/C19H22N2O/c1-2-12-21-18(14-8-4-3-5-9-14)17(13-20)15-10-6-7-11-16(15)19(21)22/h3-11,17-18H,2,12-13,20H2,1H3/t17-,18+/m1/s1. The Kier molecular flexibility index (Phi) is 4.25. The largest absolute Gasteiger partial charge is 0.331 e. The van der Waals surface area contributed by atoms with Crippen molar-refractivity contribution < 1.29 is 4.79 Å². The van der Waals surface area contributed by atoms with Crippen LogP contribution in [0.5, 0.6) is 0 Å². The summed E-state index contributed by atoms with van der Waals surface area (Å²) in [6.07, 6.45) is 0.939. The van der Waals surface area contributed by atoms with Crippen molar-refractivity contribution in [3.8, 4) is 0 Å². The molecular weight excluding hydrogens is 272 g/mol. The van der Waals surface area contributed by atoms with Crippen molar-refractivity contribution in [2.75, 3.05) is 13.1 Å². The van der Waals surface area contributed by atoms with Crippen molar-refractivity contribution in [2.24, 2.45) is 5.73 Å². The first-order valence-corrected chi connectivity index (χ1v) is 7.92. The van der Waals surface area contributed by atoms with Crippen LogP contribution in [0.1, 0.15) is 46.8 Å². The van der Waals surface area contributed by atoms with E-state index in [4.69, 9.17) is 5.73 Å². The molecule has 0 spiro atoms. The van der Waals surface area contributed by atoms with Gasteiger partial charge < -0.3 is 10.6 Å². The van der Waals surface area contributed by atoms with E-state index in [1.165, 1.54) is 0 Å². The zero-order valence-electron chi connectivity index (χ0n) is 12.9. The van der Waals surface area contributed by atoms with E-state index in [1.54, 1.807) is 0 Å². The third-order valence-corrected chi connectivity index (χ3v) is 4.43. The molecule has 0 bridgehead atoms. The van der Waals surface area contributed by atoms with Gasteiger partial charge in [0.2, 0.25) is 0 Å². The van der Waals surface area contributed by atoms with Gasteiger partial charge in [-0.1, -0.05) is 55.5 Å². The van der Waals surface area contributed by atoms with E-state index in [0.29, 0.717) is 6.54 Å². The fraction of sp³-hybridized carbons (Fsp3) is 0.316. The molecule has 1 aliphatic rings. The molecule has 2 atom stereocenters. The first-order chi connectivity index (χ1) is 10.8. The van der Waals surface area contributed by atoms with Crippen molar-refractivity contribution >= 4 is 5.91 Å². The van der Waals surface area contributed by atoms with E-state index in [9.17, 15) is 4.79 Å². The summed E-state index contributed by atoms with van der Waals surface area (Å²) >= 11 is 0. The Bertz CT molecular complexity index is 653. The maximum Gasteiger partial charge on any atom is 0.254 e. The predicted octanol–water partition coefficient (Wildman–Crippen LogP) is 3.34. The van der Waals surface area contributed by atoms with Gasteiger partial charge in [-0.05, 0) is 23.6 Å². The number of amides is 1. The van der Waals surface area contributed by atoms with Crippen LogP contribution in [0.15, 0.2) is 54.6 Å². The van der Waals surface area contributed by atoms with E-state index in [2.05, 4.69) is 19.1 Å². The summed E-state index contributed by atoms with van der Waals surface area (Å²) in [7, 11) is 0. The van der Waals surface area contributed by atoms with Gasteiger partial charge in [-0.2, -0.15) is 0 Å². The summed E-state index contributed by atoms with van der Waals surface area (Å²) in [6, 6.07) is 18.2. The lowest BCUT2D eigenvalue weighted by molar-refractivity contribution is 0.0611. The third kappa shape index (κ3) is 2.42. The van der Waals surface area contributed by atoms with Crippen molar-refractivity contribution in [2.45, 2.75) is 25.3 Å². The Morgan fingerprint density at radius 1 is 1.05 bits per heavy atom. The zero-order chi connectivity index (χ0) is 15.5. The first-order valence-electron chi connectivity index (χ1n) is 7.92. The SMILES string of the molecule is CCCN1C(=O)c2ccccc2[C@@H](CN)[C@@H]1c1ccccc1. The molecule has 114 valence electrons. The minimum absolute atomic E-state index is 0.0218. The highest BCUT2D eigenvalue weighted by Gasteiger charge is 2.39. The third-order valence-electron chi connectivity index (χ3n) is 4.43. The van der Waals surface area contributed by atoms with Crippen LogP contribution in [-0.4, -0.2) is 23.9 Å². The van der Waals surface area contributed by atoms with E-state index in [0.717, 1.165) is 29.7 Å². The average Bonchev–Trinajstić information content (AvgIpc) is 2.58. The molecule has 0 unspecified atom stereocenters. The van der Waals surface area contributed by atoms with E-state index in [1.807, 2.05) is 47.4 Å². The van der Waals surface area contributed by atoms with Crippen LogP contribution in [0.3, 0.4) is 0 Å². The molecule has 0 aromatic heterocycles. The van der Waals surface area contributed by atoms with Gasteiger partial charge in [0.15, 0.2) is 0 Å². The second-order valence-electron chi connectivity index (χ2n) is 5.78. The van der Waals surface area contributed by atoms with Crippen LogP contribution in [0.2, 0.25) is 0 Å². The number of rotatable bonds is 4. The second kappa shape index (κ2) is 6.32. The smallest absolute Gasteiger partial charge is 0.254 e. The average molecular weight is 294 g/mol. The Balaban J connectivity index is 2.14. The lowest BCUT2D eigenvalue weighted by Gasteiger charge is -2.42. The summed E-state index contributed by atoms with van der Waals surface area (Å²) in [6.45, 7) is 3.39. The van der Waals surface area contributed by atoms with Crippen LogP contribution in [0.25, 0.3) is 0 Å². The number of nitrogens with two attached hydrogens (primary N) is 1. The van der Waals surface area contributed by atoms with E-state index in [-0.39, 0.29) is 17.9 Å².